The van der Waals surface area contributed by atoms with E-state index < -0.39 is 0 Å². The maximum atomic E-state index is 9.85. The molecule has 0 unspecified atom stereocenters. The number of phenolic OH excluding ortho intramolecular Hbond substituents is 1. The van der Waals surface area contributed by atoms with Gasteiger partial charge in [0.1, 0.15) is 5.75 Å². The van der Waals surface area contributed by atoms with E-state index in [1.165, 1.54) is 5.69 Å². The van der Waals surface area contributed by atoms with Gasteiger partial charge in [0, 0.05) is 28.9 Å². The number of phenols is 1. The van der Waals surface area contributed by atoms with Crippen molar-refractivity contribution in [2.45, 2.75) is 18.8 Å². The smallest absolute Gasteiger partial charge is 0.123 e. The van der Waals surface area contributed by atoms with Crippen LogP contribution in [0.3, 0.4) is 0 Å². The Morgan fingerprint density at radius 2 is 1.84 bits per heavy atom. The van der Waals surface area contributed by atoms with Gasteiger partial charge in [0.05, 0.1) is 0 Å². The lowest BCUT2D eigenvalue weighted by Gasteiger charge is -2.22. The molecule has 0 aliphatic carbocycles. The minimum Gasteiger partial charge on any atom is -0.507 e. The molecule has 0 saturated carbocycles. The summed E-state index contributed by atoms with van der Waals surface area (Å²) in [6, 6.07) is 11.5. The van der Waals surface area contributed by atoms with Gasteiger partial charge in [0.15, 0.2) is 0 Å². The number of rotatable bonds is 2. The van der Waals surface area contributed by atoms with Gasteiger partial charge in [0.25, 0.3) is 0 Å². The Balaban J connectivity index is 1.84. The number of hydrogen-bond donors (Lipinski definition) is 2. The summed E-state index contributed by atoms with van der Waals surface area (Å²) < 4.78 is 0. The second kappa shape index (κ2) is 5.41. The SMILES string of the molecule is Oc1ccccc1-c1ccc(C2CCNCC2)nc1. The number of nitrogens with zero attached hydrogens (tertiary/aromatic N) is 1. The molecular formula is C16H18N2O. The van der Waals surface area contributed by atoms with E-state index in [1.54, 1.807) is 6.07 Å². The standard InChI is InChI=1S/C16H18N2O/c19-16-4-2-1-3-14(16)13-5-6-15(18-11-13)12-7-9-17-10-8-12/h1-6,11-12,17,19H,7-10H2. The summed E-state index contributed by atoms with van der Waals surface area (Å²) >= 11 is 0. The fraction of sp³-hybridized carbons (Fsp3) is 0.312. The van der Waals surface area contributed by atoms with Crippen LogP contribution in [-0.4, -0.2) is 23.2 Å². The van der Waals surface area contributed by atoms with Gasteiger partial charge in [-0.3, -0.25) is 4.98 Å². The molecule has 1 fully saturated rings. The zero-order chi connectivity index (χ0) is 13.1. The lowest BCUT2D eigenvalue weighted by atomic mass is 9.93. The van der Waals surface area contributed by atoms with Gasteiger partial charge in [-0.1, -0.05) is 24.3 Å². The van der Waals surface area contributed by atoms with Crippen LogP contribution in [-0.2, 0) is 0 Å². The first-order chi connectivity index (χ1) is 9.34. The van der Waals surface area contributed by atoms with Crippen molar-refractivity contribution < 1.29 is 5.11 Å². The third kappa shape index (κ3) is 2.61. The number of benzene rings is 1. The van der Waals surface area contributed by atoms with Crippen LogP contribution in [0.15, 0.2) is 42.6 Å². The summed E-state index contributed by atoms with van der Waals surface area (Å²) in [5.74, 6) is 0.874. The Hall–Kier alpha value is -1.87. The summed E-state index contributed by atoms with van der Waals surface area (Å²) in [6.07, 6.45) is 4.18. The third-order valence-corrected chi connectivity index (χ3v) is 3.76. The number of para-hydroxylation sites is 1. The first kappa shape index (κ1) is 12.2. The van der Waals surface area contributed by atoms with Gasteiger partial charge in [-0.15, -0.1) is 0 Å². The van der Waals surface area contributed by atoms with Gasteiger partial charge < -0.3 is 10.4 Å². The van der Waals surface area contributed by atoms with Gasteiger partial charge in [-0.2, -0.15) is 0 Å². The molecule has 1 saturated heterocycles. The average molecular weight is 254 g/mol. The van der Waals surface area contributed by atoms with Crippen LogP contribution >= 0.6 is 0 Å². The van der Waals surface area contributed by atoms with Crippen molar-refractivity contribution in [3.63, 3.8) is 0 Å². The lowest BCUT2D eigenvalue weighted by molar-refractivity contribution is 0.453. The molecule has 98 valence electrons. The topological polar surface area (TPSA) is 45.1 Å². The van der Waals surface area contributed by atoms with Crippen LogP contribution in [0.2, 0.25) is 0 Å². The molecule has 1 aliphatic rings. The normalized spacial score (nSPS) is 16.4. The van der Waals surface area contributed by atoms with Crippen LogP contribution in [0, 0.1) is 0 Å². The molecule has 1 aromatic carbocycles. The number of hydrogen-bond acceptors (Lipinski definition) is 3. The molecule has 0 atom stereocenters. The minimum absolute atomic E-state index is 0.305. The van der Waals surface area contributed by atoms with Gasteiger partial charge in [0.2, 0.25) is 0 Å². The van der Waals surface area contributed by atoms with Crippen molar-refractivity contribution in [3.05, 3.63) is 48.3 Å². The molecule has 1 aliphatic heterocycles. The van der Waals surface area contributed by atoms with Crippen LogP contribution in [0.25, 0.3) is 11.1 Å². The van der Waals surface area contributed by atoms with Gasteiger partial charge >= 0.3 is 0 Å². The van der Waals surface area contributed by atoms with E-state index in [4.69, 9.17) is 0 Å². The fourth-order valence-corrected chi connectivity index (χ4v) is 2.64. The molecule has 1 aromatic heterocycles. The molecule has 3 heteroatoms. The third-order valence-electron chi connectivity index (χ3n) is 3.76. The Kier molecular flexibility index (Phi) is 3.47. The summed E-state index contributed by atoms with van der Waals surface area (Å²) in [5.41, 5.74) is 2.98. The highest BCUT2D eigenvalue weighted by Gasteiger charge is 2.16. The minimum atomic E-state index is 0.305. The maximum absolute atomic E-state index is 9.85. The van der Waals surface area contributed by atoms with Gasteiger partial charge in [-0.05, 0) is 38.1 Å². The highest BCUT2D eigenvalue weighted by Crippen LogP contribution is 2.30. The van der Waals surface area contributed by atoms with Crippen molar-refractivity contribution >= 4 is 0 Å². The van der Waals surface area contributed by atoms with Crippen molar-refractivity contribution in [1.29, 1.82) is 0 Å². The van der Waals surface area contributed by atoms with Crippen LogP contribution < -0.4 is 5.32 Å². The number of aromatic hydroxyl groups is 1. The van der Waals surface area contributed by atoms with Crippen LogP contribution in [0.1, 0.15) is 24.5 Å². The summed E-state index contributed by atoms with van der Waals surface area (Å²) in [5, 5.41) is 13.2. The first-order valence-electron chi connectivity index (χ1n) is 6.79. The molecular weight excluding hydrogens is 236 g/mol. The Morgan fingerprint density at radius 1 is 1.05 bits per heavy atom. The first-order valence-corrected chi connectivity index (χ1v) is 6.79. The monoisotopic (exact) mass is 254 g/mol. The Labute approximate surface area is 113 Å². The zero-order valence-electron chi connectivity index (χ0n) is 10.8. The molecule has 3 rings (SSSR count). The fourth-order valence-electron chi connectivity index (χ4n) is 2.64. The molecule has 0 spiro atoms. The predicted molar refractivity (Wildman–Crippen MR) is 76.2 cm³/mol. The van der Waals surface area contributed by atoms with E-state index in [1.807, 2.05) is 24.4 Å². The molecule has 0 bridgehead atoms. The summed E-state index contributed by atoms with van der Waals surface area (Å²) in [7, 11) is 0. The number of pyridine rings is 1. The van der Waals surface area contributed by atoms with Crippen molar-refractivity contribution in [1.82, 2.24) is 10.3 Å². The molecule has 2 N–H and O–H groups in total. The summed E-state index contributed by atoms with van der Waals surface area (Å²) in [6.45, 7) is 2.15. The molecule has 0 amide bonds. The predicted octanol–water partition coefficient (Wildman–Crippen LogP) is 2.92. The average Bonchev–Trinajstić information content (AvgIpc) is 2.49. The van der Waals surface area contributed by atoms with Crippen LogP contribution in [0.5, 0.6) is 5.75 Å². The largest absolute Gasteiger partial charge is 0.507 e. The summed E-state index contributed by atoms with van der Waals surface area (Å²) in [4.78, 5) is 4.58. The molecule has 2 heterocycles. The van der Waals surface area contributed by atoms with Crippen LogP contribution in [0.4, 0.5) is 0 Å². The van der Waals surface area contributed by atoms with E-state index in [0.717, 1.165) is 37.1 Å². The number of aromatic nitrogens is 1. The number of piperidine rings is 1. The molecule has 2 aromatic rings. The van der Waals surface area contributed by atoms with Gasteiger partial charge in [-0.25, -0.2) is 0 Å². The quantitative estimate of drug-likeness (QED) is 0.866. The highest BCUT2D eigenvalue weighted by molar-refractivity contribution is 5.69. The Bertz CT molecular complexity index is 545. The van der Waals surface area contributed by atoms with E-state index in [-0.39, 0.29) is 0 Å². The van der Waals surface area contributed by atoms with E-state index >= 15 is 0 Å². The zero-order valence-corrected chi connectivity index (χ0v) is 10.8. The van der Waals surface area contributed by atoms with Crippen molar-refractivity contribution in [2.24, 2.45) is 0 Å². The Morgan fingerprint density at radius 3 is 2.53 bits per heavy atom. The van der Waals surface area contributed by atoms with Crippen molar-refractivity contribution in [3.8, 4) is 16.9 Å². The van der Waals surface area contributed by atoms with E-state index in [9.17, 15) is 5.11 Å². The highest BCUT2D eigenvalue weighted by atomic mass is 16.3. The van der Waals surface area contributed by atoms with E-state index in [0.29, 0.717) is 11.7 Å². The van der Waals surface area contributed by atoms with Crippen molar-refractivity contribution in [2.75, 3.05) is 13.1 Å². The molecule has 0 radical (unpaired) electrons. The number of nitrogens with one attached hydrogen (secondary N) is 1. The second-order valence-electron chi connectivity index (χ2n) is 5.01. The molecule has 3 nitrogen and oxygen atoms in total. The second-order valence-corrected chi connectivity index (χ2v) is 5.01. The maximum Gasteiger partial charge on any atom is 0.123 e. The lowest BCUT2D eigenvalue weighted by Crippen LogP contribution is -2.26. The molecule has 19 heavy (non-hydrogen) atoms. The van der Waals surface area contributed by atoms with E-state index in [2.05, 4.69) is 22.4 Å².